The van der Waals surface area contributed by atoms with E-state index >= 15 is 0 Å². The molecule has 0 radical (unpaired) electrons. The van der Waals surface area contributed by atoms with Crippen molar-refractivity contribution in [3.05, 3.63) is 40.3 Å². The Kier molecular flexibility index (Phi) is 5.19. The SMILES string of the molecule is CC(C)SO/C(F)=C/c1ccc(Br)cc1. The van der Waals surface area contributed by atoms with Gasteiger partial charge in [-0.05, 0) is 17.7 Å². The molecule has 0 fully saturated rings. The van der Waals surface area contributed by atoms with E-state index in [1.54, 1.807) is 0 Å². The highest BCUT2D eigenvalue weighted by molar-refractivity contribution is 9.10. The van der Waals surface area contributed by atoms with E-state index in [1.165, 1.54) is 6.08 Å². The van der Waals surface area contributed by atoms with Crippen molar-refractivity contribution in [1.29, 1.82) is 0 Å². The Morgan fingerprint density at radius 3 is 2.53 bits per heavy atom. The quantitative estimate of drug-likeness (QED) is 0.582. The maximum atomic E-state index is 13.2. The first kappa shape index (κ1) is 12.6. The van der Waals surface area contributed by atoms with E-state index in [2.05, 4.69) is 15.9 Å². The third-order valence-corrected chi connectivity index (χ3v) is 2.64. The molecule has 0 aliphatic rings. The minimum Gasteiger partial charge on any atom is -0.396 e. The monoisotopic (exact) mass is 290 g/mol. The summed E-state index contributed by atoms with van der Waals surface area (Å²) in [5, 5.41) is 0.245. The van der Waals surface area contributed by atoms with Crippen molar-refractivity contribution < 1.29 is 8.57 Å². The Morgan fingerprint density at radius 1 is 1.40 bits per heavy atom. The fraction of sp³-hybridized carbons (Fsp3) is 0.273. The van der Waals surface area contributed by atoms with Crippen LogP contribution >= 0.6 is 28.0 Å². The van der Waals surface area contributed by atoms with Gasteiger partial charge in [0.2, 0.25) is 0 Å². The Bertz CT molecular complexity index is 335. The van der Waals surface area contributed by atoms with Crippen LogP contribution < -0.4 is 0 Å². The minimum atomic E-state index is -0.573. The summed E-state index contributed by atoms with van der Waals surface area (Å²) < 4.78 is 19.0. The lowest BCUT2D eigenvalue weighted by atomic mass is 10.2. The molecule has 0 aliphatic carbocycles. The van der Waals surface area contributed by atoms with Gasteiger partial charge < -0.3 is 4.18 Å². The molecule has 1 aromatic rings. The lowest BCUT2D eigenvalue weighted by Crippen LogP contribution is -1.87. The third-order valence-electron chi connectivity index (χ3n) is 1.47. The molecule has 4 heteroatoms. The third kappa shape index (κ3) is 5.23. The van der Waals surface area contributed by atoms with Crippen LogP contribution in [0.25, 0.3) is 6.08 Å². The van der Waals surface area contributed by atoms with Gasteiger partial charge in [0.1, 0.15) is 0 Å². The Morgan fingerprint density at radius 2 is 2.00 bits per heavy atom. The number of benzene rings is 1. The Labute approximate surface area is 102 Å². The normalized spacial score (nSPS) is 11.9. The van der Waals surface area contributed by atoms with Crippen LogP contribution in [0.5, 0.6) is 0 Å². The summed E-state index contributed by atoms with van der Waals surface area (Å²) >= 11 is 4.42. The van der Waals surface area contributed by atoms with E-state index in [-0.39, 0.29) is 5.25 Å². The van der Waals surface area contributed by atoms with E-state index in [0.29, 0.717) is 0 Å². The topological polar surface area (TPSA) is 9.23 Å². The summed E-state index contributed by atoms with van der Waals surface area (Å²) in [5.41, 5.74) is 0.778. The lowest BCUT2D eigenvalue weighted by Gasteiger charge is -2.03. The second-order valence-corrected chi connectivity index (χ2v) is 5.45. The van der Waals surface area contributed by atoms with Crippen LogP contribution in [-0.2, 0) is 4.18 Å². The summed E-state index contributed by atoms with van der Waals surface area (Å²) in [5.74, 6) is 0. The molecule has 0 spiro atoms. The molecular formula is C11H12BrFOS. The van der Waals surface area contributed by atoms with Gasteiger partial charge in [-0.1, -0.05) is 41.9 Å². The number of rotatable bonds is 4. The number of hydrogen-bond acceptors (Lipinski definition) is 2. The molecule has 0 saturated carbocycles. The average molecular weight is 291 g/mol. The van der Waals surface area contributed by atoms with Gasteiger partial charge in [-0.15, -0.1) is 0 Å². The average Bonchev–Trinajstić information content (AvgIpc) is 2.19. The van der Waals surface area contributed by atoms with Crippen LogP contribution in [0.2, 0.25) is 0 Å². The molecule has 0 atom stereocenters. The highest BCUT2D eigenvalue weighted by Crippen LogP contribution is 2.20. The second-order valence-electron chi connectivity index (χ2n) is 3.23. The smallest absolute Gasteiger partial charge is 0.285 e. The molecule has 1 aromatic carbocycles. The van der Waals surface area contributed by atoms with Gasteiger partial charge in [0.05, 0.1) is 12.0 Å². The molecule has 82 valence electrons. The van der Waals surface area contributed by atoms with Crippen LogP contribution in [0.3, 0.4) is 0 Å². The molecule has 0 N–H and O–H groups in total. The fourth-order valence-electron chi connectivity index (χ4n) is 0.856. The zero-order valence-corrected chi connectivity index (χ0v) is 10.9. The summed E-state index contributed by atoms with van der Waals surface area (Å²) in [4.78, 5) is 0. The molecule has 0 heterocycles. The van der Waals surface area contributed by atoms with Crippen molar-refractivity contribution in [3.63, 3.8) is 0 Å². The van der Waals surface area contributed by atoms with Crippen molar-refractivity contribution in [2.45, 2.75) is 19.1 Å². The van der Waals surface area contributed by atoms with E-state index in [0.717, 1.165) is 22.1 Å². The summed E-state index contributed by atoms with van der Waals surface area (Å²) in [6.45, 7) is 3.88. The van der Waals surface area contributed by atoms with Crippen LogP contribution in [0.15, 0.2) is 34.8 Å². The predicted molar refractivity (Wildman–Crippen MR) is 67.0 cm³/mol. The Hall–Kier alpha value is -0.480. The second kappa shape index (κ2) is 6.18. The van der Waals surface area contributed by atoms with Crippen molar-refractivity contribution in [3.8, 4) is 0 Å². The highest BCUT2D eigenvalue weighted by Gasteiger charge is 2.00. The van der Waals surface area contributed by atoms with Gasteiger partial charge in [0.15, 0.2) is 0 Å². The molecule has 0 saturated heterocycles. The van der Waals surface area contributed by atoms with Crippen molar-refractivity contribution in [2.75, 3.05) is 0 Å². The fourth-order valence-corrected chi connectivity index (χ4v) is 1.45. The zero-order valence-electron chi connectivity index (χ0n) is 8.54. The summed E-state index contributed by atoms with van der Waals surface area (Å²) in [6, 6.07) is 6.76. The maximum Gasteiger partial charge on any atom is 0.285 e. The van der Waals surface area contributed by atoms with Crippen molar-refractivity contribution in [2.24, 2.45) is 0 Å². The van der Waals surface area contributed by atoms with Crippen LogP contribution in [0, 0.1) is 0 Å². The van der Waals surface area contributed by atoms with Gasteiger partial charge in [-0.3, -0.25) is 0 Å². The maximum absolute atomic E-state index is 13.2. The molecule has 0 amide bonds. The summed E-state index contributed by atoms with van der Waals surface area (Å²) in [7, 11) is 0. The molecule has 15 heavy (non-hydrogen) atoms. The first-order valence-electron chi connectivity index (χ1n) is 4.54. The molecule has 0 bridgehead atoms. The first-order chi connectivity index (χ1) is 7.08. The van der Waals surface area contributed by atoms with E-state index in [9.17, 15) is 4.39 Å². The lowest BCUT2D eigenvalue weighted by molar-refractivity contribution is 0.349. The molecule has 0 aromatic heterocycles. The molecule has 1 rings (SSSR count). The van der Waals surface area contributed by atoms with Gasteiger partial charge in [-0.2, -0.15) is 4.39 Å². The predicted octanol–water partition coefficient (Wildman–Crippen LogP) is 4.79. The standard InChI is InChI=1S/C11H12BrFOS/c1-8(2)15-14-11(13)7-9-3-5-10(12)6-4-9/h3-8H,1-2H3/b11-7+. The number of halogens is 2. The van der Waals surface area contributed by atoms with Gasteiger partial charge >= 0.3 is 0 Å². The zero-order chi connectivity index (χ0) is 11.3. The van der Waals surface area contributed by atoms with Gasteiger partial charge in [0, 0.05) is 15.8 Å². The first-order valence-corrected chi connectivity index (χ1v) is 6.14. The van der Waals surface area contributed by atoms with E-state index in [4.69, 9.17) is 4.18 Å². The van der Waals surface area contributed by atoms with Gasteiger partial charge in [0.25, 0.3) is 6.01 Å². The Balaban J connectivity index is 2.58. The summed E-state index contributed by atoms with van der Waals surface area (Å²) in [6.07, 6.45) is 1.36. The largest absolute Gasteiger partial charge is 0.396 e. The van der Waals surface area contributed by atoms with Crippen LogP contribution in [0.1, 0.15) is 19.4 Å². The molecule has 0 aliphatic heterocycles. The molecule has 1 nitrogen and oxygen atoms in total. The van der Waals surface area contributed by atoms with E-state index in [1.807, 2.05) is 38.1 Å². The van der Waals surface area contributed by atoms with Gasteiger partial charge in [-0.25, -0.2) is 0 Å². The number of hydrogen-bond donors (Lipinski definition) is 0. The van der Waals surface area contributed by atoms with E-state index < -0.39 is 6.01 Å². The highest BCUT2D eigenvalue weighted by atomic mass is 79.9. The van der Waals surface area contributed by atoms with Crippen molar-refractivity contribution in [1.82, 2.24) is 0 Å². The van der Waals surface area contributed by atoms with Crippen LogP contribution in [0.4, 0.5) is 4.39 Å². The van der Waals surface area contributed by atoms with Crippen molar-refractivity contribution >= 4 is 34.0 Å². The minimum absolute atomic E-state index is 0.245. The molecule has 0 unspecified atom stereocenters. The molecular weight excluding hydrogens is 279 g/mol. The van der Waals surface area contributed by atoms with Crippen LogP contribution in [-0.4, -0.2) is 5.25 Å².